The van der Waals surface area contributed by atoms with Crippen molar-refractivity contribution in [2.24, 2.45) is 11.8 Å². The van der Waals surface area contributed by atoms with Gasteiger partial charge in [0.2, 0.25) is 0 Å². The van der Waals surface area contributed by atoms with Crippen LogP contribution in [0.3, 0.4) is 0 Å². The van der Waals surface area contributed by atoms with E-state index in [0.717, 1.165) is 102 Å². The zero-order valence-electron chi connectivity index (χ0n) is 22.5. The van der Waals surface area contributed by atoms with Crippen molar-refractivity contribution in [3.05, 3.63) is 0 Å². The predicted octanol–water partition coefficient (Wildman–Crippen LogP) is 2.81. The number of thioether (sulfide) groups is 4. The van der Waals surface area contributed by atoms with Crippen LogP contribution >= 0.6 is 47.0 Å². The molecule has 4 fully saturated rings. The van der Waals surface area contributed by atoms with E-state index < -0.39 is 0 Å². The van der Waals surface area contributed by atoms with Crippen LogP contribution in [0.2, 0.25) is 0 Å². The maximum atomic E-state index is 5.77. The van der Waals surface area contributed by atoms with Crippen molar-refractivity contribution in [3.8, 4) is 0 Å². The summed E-state index contributed by atoms with van der Waals surface area (Å²) in [5.74, 6) is 10.2. The molecule has 4 rings (SSSR count). The molecule has 4 heterocycles. The lowest BCUT2D eigenvalue weighted by atomic mass is 10.00. The number of hydrogen-bond acceptors (Lipinski definition) is 12. The predicted molar refractivity (Wildman–Crippen MR) is 159 cm³/mol. The molecule has 4 saturated heterocycles. The Morgan fingerprint density at radius 2 is 0.684 bits per heavy atom. The van der Waals surface area contributed by atoms with E-state index in [4.69, 9.17) is 37.9 Å². The van der Waals surface area contributed by atoms with E-state index in [2.05, 4.69) is 0 Å². The van der Waals surface area contributed by atoms with E-state index in [0.29, 0.717) is 36.3 Å². The third-order valence-corrected chi connectivity index (χ3v) is 10.8. The smallest absolute Gasteiger partial charge is 0.104 e. The summed E-state index contributed by atoms with van der Waals surface area (Å²) in [6, 6.07) is 0. The molecule has 4 aliphatic heterocycles. The fourth-order valence-corrected chi connectivity index (χ4v) is 8.25. The molecule has 0 N–H and O–H groups in total. The molecule has 4 unspecified atom stereocenters. The maximum absolute atomic E-state index is 5.77. The first-order valence-corrected chi connectivity index (χ1v) is 18.6. The molecule has 8 nitrogen and oxygen atoms in total. The zero-order valence-corrected chi connectivity index (χ0v) is 25.8. The number of hydrogen-bond donors (Lipinski definition) is 0. The lowest BCUT2D eigenvalue weighted by Gasteiger charge is -2.27. The second-order valence-electron chi connectivity index (χ2n) is 9.94. The molecule has 0 saturated carbocycles. The largest absolute Gasteiger partial charge is 0.378 e. The van der Waals surface area contributed by atoms with Gasteiger partial charge in [-0.15, -0.1) is 0 Å². The normalized spacial score (nSPS) is 26.8. The van der Waals surface area contributed by atoms with Crippen LogP contribution in [0, 0.1) is 11.8 Å². The van der Waals surface area contributed by atoms with Crippen molar-refractivity contribution in [1.82, 2.24) is 0 Å². The molecule has 0 aromatic carbocycles. The van der Waals surface area contributed by atoms with E-state index >= 15 is 0 Å². The van der Waals surface area contributed by atoms with E-state index in [1.807, 2.05) is 47.0 Å². The van der Waals surface area contributed by atoms with Gasteiger partial charge in [-0.1, -0.05) is 0 Å². The van der Waals surface area contributed by atoms with E-state index in [9.17, 15) is 0 Å². The van der Waals surface area contributed by atoms with Gasteiger partial charge in [-0.3, -0.25) is 0 Å². The van der Waals surface area contributed by atoms with Crippen molar-refractivity contribution in [3.63, 3.8) is 0 Å². The van der Waals surface area contributed by atoms with Crippen LogP contribution < -0.4 is 0 Å². The molecular formula is C26H46O8S4. The first-order chi connectivity index (χ1) is 18.9. The van der Waals surface area contributed by atoms with Crippen LogP contribution in [0.5, 0.6) is 0 Å². The van der Waals surface area contributed by atoms with Gasteiger partial charge in [0, 0.05) is 23.0 Å². The minimum atomic E-state index is 0.345. The monoisotopic (exact) mass is 614 g/mol. The van der Waals surface area contributed by atoms with Crippen LogP contribution in [0.1, 0.15) is 0 Å². The van der Waals surface area contributed by atoms with E-state index in [1.54, 1.807) is 0 Å². The van der Waals surface area contributed by atoms with Crippen LogP contribution in [0.25, 0.3) is 0 Å². The molecule has 38 heavy (non-hydrogen) atoms. The van der Waals surface area contributed by atoms with Crippen molar-refractivity contribution < 1.29 is 37.9 Å². The van der Waals surface area contributed by atoms with Gasteiger partial charge in [0.25, 0.3) is 0 Å². The molecule has 0 aromatic heterocycles. The summed E-state index contributed by atoms with van der Waals surface area (Å²) in [7, 11) is 0. The van der Waals surface area contributed by atoms with Crippen LogP contribution in [-0.4, -0.2) is 150 Å². The molecular weight excluding hydrogens is 569 g/mol. The Morgan fingerprint density at radius 3 is 0.895 bits per heavy atom. The summed E-state index contributed by atoms with van der Waals surface area (Å²) in [5.41, 5.74) is 0. The summed E-state index contributed by atoms with van der Waals surface area (Å²) >= 11 is 8.14. The lowest BCUT2D eigenvalue weighted by Crippen LogP contribution is -2.26. The Kier molecular flexibility index (Phi) is 16.9. The third kappa shape index (κ3) is 17.1. The van der Waals surface area contributed by atoms with Crippen LogP contribution in [0.4, 0.5) is 0 Å². The van der Waals surface area contributed by atoms with Gasteiger partial charge in [-0.2, -0.15) is 47.0 Å². The van der Waals surface area contributed by atoms with Gasteiger partial charge in [0.15, 0.2) is 0 Å². The highest BCUT2D eigenvalue weighted by atomic mass is 32.2. The SMILES string of the molecule is C(CSCC(CSCCOCC1CO1)C(CSCCOCC1CO1)CSCCOCC1CO1)OCC1CO1. The highest BCUT2D eigenvalue weighted by Gasteiger charge is 2.25. The average molecular weight is 615 g/mol. The van der Waals surface area contributed by atoms with E-state index in [1.165, 1.54) is 23.0 Å². The standard InChI is InChI=1S/C26H46O8S4/c1(27-9-23-13-31-23)5-35-17-21(18-36-6-2-28-10-24-14-32-24)22(19-37-7-3-29-11-25-15-33-25)20-38-8-4-30-12-26-16-34-26/h21-26H,1-20H2. The second-order valence-corrected chi connectivity index (χ2v) is 14.5. The first-order valence-electron chi connectivity index (χ1n) is 13.9. The Morgan fingerprint density at radius 1 is 0.447 bits per heavy atom. The quantitative estimate of drug-likeness (QED) is 0.0917. The van der Waals surface area contributed by atoms with Crippen molar-refractivity contribution in [2.45, 2.75) is 24.4 Å². The topological polar surface area (TPSA) is 87.0 Å². The molecule has 0 spiro atoms. The average Bonchev–Trinajstić information content (AvgIpc) is 3.76. The highest BCUT2D eigenvalue weighted by Crippen LogP contribution is 2.29. The zero-order chi connectivity index (χ0) is 26.1. The van der Waals surface area contributed by atoms with Crippen molar-refractivity contribution in [2.75, 3.05) is 125 Å². The van der Waals surface area contributed by atoms with Crippen LogP contribution in [0.15, 0.2) is 0 Å². The molecule has 0 bridgehead atoms. The summed E-state index contributed by atoms with van der Waals surface area (Å²) in [4.78, 5) is 0. The van der Waals surface area contributed by atoms with Gasteiger partial charge in [-0.05, 0) is 34.8 Å². The number of epoxide rings is 4. The fourth-order valence-electron chi connectivity index (χ4n) is 3.57. The van der Waals surface area contributed by atoms with Gasteiger partial charge < -0.3 is 37.9 Å². The molecule has 4 atom stereocenters. The number of ether oxygens (including phenoxy) is 8. The highest BCUT2D eigenvalue weighted by molar-refractivity contribution is 8.00. The molecule has 0 aromatic rings. The Labute approximate surface area is 245 Å². The Balaban J connectivity index is 1.14. The molecule has 222 valence electrons. The summed E-state index contributed by atoms with van der Waals surface area (Å²) in [6.07, 6.45) is 1.38. The van der Waals surface area contributed by atoms with Crippen LogP contribution in [-0.2, 0) is 37.9 Å². The summed E-state index contributed by atoms with van der Waals surface area (Å²) in [5, 5.41) is 0. The molecule has 4 aliphatic rings. The minimum absolute atomic E-state index is 0.345. The van der Waals surface area contributed by atoms with Gasteiger partial charge >= 0.3 is 0 Å². The molecule has 12 heteroatoms. The summed E-state index contributed by atoms with van der Waals surface area (Å²) in [6.45, 7) is 9.63. The van der Waals surface area contributed by atoms with Gasteiger partial charge in [0.1, 0.15) is 24.4 Å². The van der Waals surface area contributed by atoms with Gasteiger partial charge in [0.05, 0.1) is 79.3 Å². The fraction of sp³-hybridized carbons (Fsp3) is 1.00. The maximum Gasteiger partial charge on any atom is 0.104 e. The third-order valence-electron chi connectivity index (χ3n) is 6.31. The number of rotatable bonds is 29. The lowest BCUT2D eigenvalue weighted by molar-refractivity contribution is 0.130. The Bertz CT molecular complexity index is 496. The molecule has 0 radical (unpaired) electrons. The van der Waals surface area contributed by atoms with Crippen molar-refractivity contribution >= 4 is 47.0 Å². The first kappa shape index (κ1) is 32.0. The minimum Gasteiger partial charge on any atom is -0.378 e. The Hall–Kier alpha value is 1.08. The summed E-state index contributed by atoms with van der Waals surface area (Å²) < 4.78 is 44.0. The van der Waals surface area contributed by atoms with E-state index in [-0.39, 0.29) is 0 Å². The van der Waals surface area contributed by atoms with Gasteiger partial charge in [-0.25, -0.2) is 0 Å². The second kappa shape index (κ2) is 20.1. The molecule has 0 aliphatic carbocycles. The molecule has 0 amide bonds. The van der Waals surface area contributed by atoms with Crippen molar-refractivity contribution in [1.29, 1.82) is 0 Å².